The van der Waals surface area contributed by atoms with E-state index in [9.17, 15) is 4.79 Å². The van der Waals surface area contributed by atoms with Crippen molar-refractivity contribution in [1.29, 1.82) is 0 Å². The number of halogens is 1. The van der Waals surface area contributed by atoms with Crippen LogP contribution >= 0.6 is 27.3 Å². The fourth-order valence-electron chi connectivity index (χ4n) is 1.44. The lowest BCUT2D eigenvalue weighted by atomic mass is 10.2. The molecule has 0 radical (unpaired) electrons. The van der Waals surface area contributed by atoms with Gasteiger partial charge < -0.3 is 16.2 Å². The summed E-state index contributed by atoms with van der Waals surface area (Å²) in [6.07, 6.45) is 0. The fourth-order valence-corrected chi connectivity index (χ4v) is 2.81. The maximum atomic E-state index is 11.8. The molecule has 4 nitrogen and oxygen atoms in total. The Morgan fingerprint density at radius 1 is 1.28 bits per heavy atom. The fraction of sp³-hybridized carbons (Fsp3) is 0.0833. The van der Waals surface area contributed by atoms with Crippen molar-refractivity contribution in [3.63, 3.8) is 0 Å². The molecule has 0 amide bonds. The molecular formula is C12H11BrN2O2S. The van der Waals surface area contributed by atoms with Crippen LogP contribution in [0.3, 0.4) is 0 Å². The van der Waals surface area contributed by atoms with Crippen molar-refractivity contribution >= 4 is 44.6 Å². The van der Waals surface area contributed by atoms with E-state index in [-0.39, 0.29) is 6.61 Å². The largest absolute Gasteiger partial charge is 0.456 e. The van der Waals surface area contributed by atoms with Gasteiger partial charge in [0.2, 0.25) is 0 Å². The van der Waals surface area contributed by atoms with E-state index in [1.807, 2.05) is 11.4 Å². The monoisotopic (exact) mass is 326 g/mol. The van der Waals surface area contributed by atoms with E-state index in [0.717, 1.165) is 9.35 Å². The minimum atomic E-state index is -0.436. The standard InChI is InChI=1S/C12H11BrN2O2S/c13-10-1-2-18-11(10)6-17-12(16)7-3-8(14)5-9(15)4-7/h1-5H,6,14-15H2. The van der Waals surface area contributed by atoms with E-state index in [0.29, 0.717) is 16.9 Å². The topological polar surface area (TPSA) is 78.3 Å². The third-order valence-corrected chi connectivity index (χ3v) is 4.14. The van der Waals surface area contributed by atoms with Crippen LogP contribution in [0.25, 0.3) is 0 Å². The Kier molecular flexibility index (Phi) is 3.88. The van der Waals surface area contributed by atoms with Crippen molar-refractivity contribution in [3.05, 3.63) is 44.6 Å². The molecule has 0 unspecified atom stereocenters. The Morgan fingerprint density at radius 3 is 2.50 bits per heavy atom. The van der Waals surface area contributed by atoms with Crippen LogP contribution in [0.4, 0.5) is 11.4 Å². The van der Waals surface area contributed by atoms with Gasteiger partial charge in [0.25, 0.3) is 0 Å². The van der Waals surface area contributed by atoms with E-state index in [4.69, 9.17) is 16.2 Å². The summed E-state index contributed by atoms with van der Waals surface area (Å²) < 4.78 is 6.13. The minimum Gasteiger partial charge on any atom is -0.456 e. The molecule has 1 heterocycles. The number of rotatable bonds is 3. The molecule has 0 fully saturated rings. The third-order valence-electron chi connectivity index (χ3n) is 2.24. The molecule has 0 aliphatic carbocycles. The molecule has 2 aromatic rings. The molecule has 0 spiro atoms. The molecular weight excluding hydrogens is 316 g/mol. The van der Waals surface area contributed by atoms with Crippen LogP contribution in [0, 0.1) is 0 Å². The van der Waals surface area contributed by atoms with Crippen LogP contribution in [0.5, 0.6) is 0 Å². The van der Waals surface area contributed by atoms with Gasteiger partial charge in [-0.2, -0.15) is 0 Å². The quantitative estimate of drug-likeness (QED) is 0.671. The van der Waals surface area contributed by atoms with Gasteiger partial charge in [-0.25, -0.2) is 4.79 Å². The second kappa shape index (κ2) is 5.41. The van der Waals surface area contributed by atoms with Gasteiger partial charge in [-0.05, 0) is 45.6 Å². The highest BCUT2D eigenvalue weighted by Gasteiger charge is 2.10. The van der Waals surface area contributed by atoms with Gasteiger partial charge in [-0.1, -0.05) is 0 Å². The van der Waals surface area contributed by atoms with Crippen molar-refractivity contribution in [2.24, 2.45) is 0 Å². The second-order valence-electron chi connectivity index (χ2n) is 3.66. The van der Waals surface area contributed by atoms with Crippen molar-refractivity contribution in [3.8, 4) is 0 Å². The summed E-state index contributed by atoms with van der Waals surface area (Å²) in [5, 5.41) is 1.92. The number of hydrogen-bond donors (Lipinski definition) is 2. The lowest BCUT2D eigenvalue weighted by Crippen LogP contribution is -2.06. The summed E-state index contributed by atoms with van der Waals surface area (Å²) in [4.78, 5) is 12.8. The summed E-state index contributed by atoms with van der Waals surface area (Å²) >= 11 is 4.89. The van der Waals surface area contributed by atoms with Crippen LogP contribution in [0.2, 0.25) is 0 Å². The normalized spacial score (nSPS) is 10.3. The lowest BCUT2D eigenvalue weighted by Gasteiger charge is -2.05. The molecule has 4 N–H and O–H groups in total. The van der Waals surface area contributed by atoms with Crippen LogP contribution in [-0.4, -0.2) is 5.97 Å². The zero-order valence-corrected chi connectivity index (χ0v) is 11.8. The van der Waals surface area contributed by atoms with Crippen LogP contribution in [0.1, 0.15) is 15.2 Å². The molecule has 18 heavy (non-hydrogen) atoms. The number of ether oxygens (including phenoxy) is 1. The summed E-state index contributed by atoms with van der Waals surface area (Å²) in [6.45, 7) is 0.228. The molecule has 2 rings (SSSR count). The van der Waals surface area contributed by atoms with Crippen LogP contribution < -0.4 is 11.5 Å². The number of benzene rings is 1. The first kappa shape index (κ1) is 12.9. The van der Waals surface area contributed by atoms with Gasteiger partial charge in [-0.3, -0.25) is 0 Å². The molecule has 1 aromatic carbocycles. The lowest BCUT2D eigenvalue weighted by molar-refractivity contribution is 0.0476. The average Bonchev–Trinajstić information content (AvgIpc) is 2.70. The highest BCUT2D eigenvalue weighted by molar-refractivity contribution is 9.10. The average molecular weight is 327 g/mol. The number of hydrogen-bond acceptors (Lipinski definition) is 5. The van der Waals surface area contributed by atoms with Gasteiger partial charge in [0, 0.05) is 15.8 Å². The van der Waals surface area contributed by atoms with Crippen molar-refractivity contribution in [1.82, 2.24) is 0 Å². The molecule has 0 saturated carbocycles. The molecule has 94 valence electrons. The Balaban J connectivity index is 2.06. The summed E-state index contributed by atoms with van der Waals surface area (Å²) in [5.74, 6) is -0.436. The highest BCUT2D eigenvalue weighted by atomic mass is 79.9. The first-order valence-electron chi connectivity index (χ1n) is 5.11. The number of nitrogen functional groups attached to an aromatic ring is 2. The number of carbonyl (C=O) groups is 1. The highest BCUT2D eigenvalue weighted by Crippen LogP contribution is 2.24. The first-order chi connectivity index (χ1) is 8.56. The zero-order valence-electron chi connectivity index (χ0n) is 9.35. The van der Waals surface area contributed by atoms with Gasteiger partial charge in [-0.15, -0.1) is 11.3 Å². The molecule has 0 atom stereocenters. The smallest absolute Gasteiger partial charge is 0.338 e. The molecule has 0 aliphatic rings. The molecule has 1 aromatic heterocycles. The Hall–Kier alpha value is -1.53. The molecule has 6 heteroatoms. The minimum absolute atomic E-state index is 0.228. The van der Waals surface area contributed by atoms with Crippen molar-refractivity contribution in [2.45, 2.75) is 6.61 Å². The SMILES string of the molecule is Nc1cc(N)cc(C(=O)OCc2sccc2Br)c1. The molecule has 0 bridgehead atoms. The molecule has 0 aliphatic heterocycles. The Morgan fingerprint density at radius 2 is 1.94 bits per heavy atom. The van der Waals surface area contributed by atoms with Gasteiger partial charge >= 0.3 is 5.97 Å². The maximum Gasteiger partial charge on any atom is 0.338 e. The second-order valence-corrected chi connectivity index (χ2v) is 5.51. The summed E-state index contributed by atoms with van der Waals surface area (Å²) in [7, 11) is 0. The number of anilines is 2. The van der Waals surface area contributed by atoms with Crippen LogP contribution in [-0.2, 0) is 11.3 Å². The predicted octanol–water partition coefficient (Wildman–Crippen LogP) is 3.03. The van der Waals surface area contributed by atoms with E-state index < -0.39 is 5.97 Å². The number of carbonyl (C=O) groups excluding carboxylic acids is 1. The van der Waals surface area contributed by atoms with Gasteiger partial charge in [0.15, 0.2) is 0 Å². The van der Waals surface area contributed by atoms with Gasteiger partial charge in [0.1, 0.15) is 6.61 Å². The van der Waals surface area contributed by atoms with Crippen molar-refractivity contribution < 1.29 is 9.53 Å². The summed E-state index contributed by atoms with van der Waals surface area (Å²) in [5.41, 5.74) is 12.5. The Bertz CT molecular complexity index is 563. The van der Waals surface area contributed by atoms with E-state index in [1.165, 1.54) is 11.3 Å². The number of esters is 1. The first-order valence-corrected chi connectivity index (χ1v) is 6.78. The Labute approximate surface area is 117 Å². The number of thiophene rings is 1. The van der Waals surface area contributed by atoms with Crippen LogP contribution in [0.15, 0.2) is 34.1 Å². The number of nitrogens with two attached hydrogens (primary N) is 2. The predicted molar refractivity (Wildman–Crippen MR) is 76.4 cm³/mol. The van der Waals surface area contributed by atoms with E-state index in [1.54, 1.807) is 18.2 Å². The third kappa shape index (κ3) is 3.02. The molecule has 0 saturated heterocycles. The maximum absolute atomic E-state index is 11.8. The van der Waals surface area contributed by atoms with Crippen molar-refractivity contribution in [2.75, 3.05) is 11.5 Å². The van der Waals surface area contributed by atoms with Gasteiger partial charge in [0.05, 0.1) is 10.4 Å². The van der Waals surface area contributed by atoms with E-state index >= 15 is 0 Å². The zero-order chi connectivity index (χ0) is 13.1. The summed E-state index contributed by atoms with van der Waals surface area (Å²) in [6, 6.07) is 6.59. The van der Waals surface area contributed by atoms with E-state index in [2.05, 4.69) is 15.9 Å².